The average molecular weight is 184 g/mol. The maximum absolute atomic E-state index is 12.9. The van der Waals surface area contributed by atoms with E-state index in [9.17, 15) is 4.39 Å². The van der Waals surface area contributed by atoms with Crippen molar-refractivity contribution in [2.24, 2.45) is 29.1 Å². The van der Waals surface area contributed by atoms with Crippen molar-refractivity contribution < 1.29 is 4.39 Å². The van der Waals surface area contributed by atoms with Gasteiger partial charge in [-0.2, -0.15) is 0 Å². The Morgan fingerprint density at radius 1 is 1.31 bits per heavy atom. The Kier molecular flexibility index (Phi) is 2.16. The van der Waals surface area contributed by atoms with Crippen LogP contribution in [0.2, 0.25) is 0 Å². The number of hydrogen-bond acceptors (Lipinski definition) is 0. The Bertz CT molecular complexity index is 197. The minimum absolute atomic E-state index is 0.0840. The fourth-order valence-electron chi connectivity index (χ4n) is 3.75. The first-order valence-corrected chi connectivity index (χ1v) is 5.67. The molecule has 4 atom stereocenters. The zero-order valence-corrected chi connectivity index (χ0v) is 9.02. The highest BCUT2D eigenvalue weighted by Crippen LogP contribution is 2.63. The van der Waals surface area contributed by atoms with E-state index < -0.39 is 0 Å². The summed E-state index contributed by atoms with van der Waals surface area (Å²) < 4.78 is 12.9. The first-order chi connectivity index (χ1) is 6.11. The molecule has 0 aromatic carbocycles. The van der Waals surface area contributed by atoms with Crippen molar-refractivity contribution in [3.63, 3.8) is 0 Å². The lowest BCUT2D eigenvalue weighted by Gasteiger charge is -2.62. The standard InChI is InChI=1S/C12H21F/c1-4-8-5-9-6-11(10(8)7-13)12(9,2)3/h8-11H,4-7H2,1-3H3/t8?,9?,10-,11+/m1/s1. The van der Waals surface area contributed by atoms with Crippen LogP contribution >= 0.6 is 0 Å². The van der Waals surface area contributed by atoms with E-state index in [-0.39, 0.29) is 6.67 Å². The van der Waals surface area contributed by atoms with Crippen LogP contribution in [-0.2, 0) is 0 Å². The van der Waals surface area contributed by atoms with E-state index in [0.29, 0.717) is 23.2 Å². The minimum Gasteiger partial charge on any atom is -0.251 e. The zero-order valence-electron chi connectivity index (χ0n) is 9.02. The Labute approximate surface area is 80.9 Å². The van der Waals surface area contributed by atoms with Crippen LogP contribution in [0, 0.1) is 29.1 Å². The van der Waals surface area contributed by atoms with E-state index in [4.69, 9.17) is 0 Å². The van der Waals surface area contributed by atoms with Gasteiger partial charge in [0, 0.05) is 0 Å². The molecule has 0 aromatic rings. The summed E-state index contributed by atoms with van der Waals surface area (Å²) in [4.78, 5) is 0. The van der Waals surface area contributed by atoms with Gasteiger partial charge in [-0.05, 0) is 41.9 Å². The summed E-state index contributed by atoms with van der Waals surface area (Å²) in [5.41, 5.74) is 0.447. The quantitative estimate of drug-likeness (QED) is 0.614. The lowest BCUT2D eigenvalue weighted by molar-refractivity contribution is -0.139. The number of rotatable bonds is 2. The van der Waals surface area contributed by atoms with Crippen LogP contribution in [0.1, 0.15) is 40.0 Å². The van der Waals surface area contributed by atoms with Crippen LogP contribution in [0.25, 0.3) is 0 Å². The molecule has 2 unspecified atom stereocenters. The van der Waals surface area contributed by atoms with Gasteiger partial charge in [0.1, 0.15) is 0 Å². The molecule has 0 aromatic heterocycles. The van der Waals surface area contributed by atoms with E-state index in [0.717, 1.165) is 5.92 Å². The molecule has 3 rings (SSSR count). The molecule has 3 aliphatic rings. The molecule has 0 saturated heterocycles. The van der Waals surface area contributed by atoms with Crippen molar-refractivity contribution in [2.75, 3.05) is 6.67 Å². The number of fused-ring (bicyclic) bond motifs is 2. The number of hydrogen-bond donors (Lipinski definition) is 0. The van der Waals surface area contributed by atoms with Gasteiger partial charge in [-0.1, -0.05) is 27.2 Å². The number of alkyl halides is 1. The molecule has 0 aliphatic heterocycles. The van der Waals surface area contributed by atoms with Gasteiger partial charge in [0.25, 0.3) is 0 Å². The van der Waals surface area contributed by atoms with E-state index in [1.54, 1.807) is 0 Å². The second kappa shape index (κ2) is 2.96. The summed E-state index contributed by atoms with van der Waals surface area (Å²) in [6.45, 7) is 6.80. The van der Waals surface area contributed by atoms with Gasteiger partial charge >= 0.3 is 0 Å². The SMILES string of the molecule is CCC1CC2C[C@@H]([C@@H]1CF)C2(C)C. The summed E-state index contributed by atoms with van der Waals surface area (Å²) in [7, 11) is 0. The van der Waals surface area contributed by atoms with Crippen LogP contribution < -0.4 is 0 Å². The van der Waals surface area contributed by atoms with Gasteiger partial charge in [0.05, 0.1) is 6.67 Å². The van der Waals surface area contributed by atoms with E-state index >= 15 is 0 Å². The van der Waals surface area contributed by atoms with Crippen LogP contribution in [0.3, 0.4) is 0 Å². The topological polar surface area (TPSA) is 0 Å². The third-order valence-electron chi connectivity index (χ3n) is 4.96. The van der Waals surface area contributed by atoms with Crippen molar-refractivity contribution >= 4 is 0 Å². The largest absolute Gasteiger partial charge is 0.251 e. The third kappa shape index (κ3) is 1.15. The van der Waals surface area contributed by atoms with Crippen molar-refractivity contribution in [3.05, 3.63) is 0 Å². The molecule has 0 amide bonds. The Hall–Kier alpha value is -0.0700. The maximum Gasteiger partial charge on any atom is 0.0928 e. The first kappa shape index (κ1) is 9.48. The highest BCUT2D eigenvalue weighted by molar-refractivity contribution is 5.05. The van der Waals surface area contributed by atoms with Gasteiger partial charge < -0.3 is 0 Å². The van der Waals surface area contributed by atoms with Gasteiger partial charge in [0.15, 0.2) is 0 Å². The molecule has 2 bridgehead atoms. The normalized spacial score (nSPS) is 47.1. The molecule has 1 heteroatoms. The zero-order chi connectivity index (χ0) is 9.64. The molecule has 3 fully saturated rings. The molecule has 0 N–H and O–H groups in total. The van der Waals surface area contributed by atoms with E-state index in [1.807, 2.05) is 0 Å². The van der Waals surface area contributed by atoms with Crippen LogP contribution in [0.5, 0.6) is 0 Å². The second-order valence-electron chi connectivity index (χ2n) is 5.58. The molecular weight excluding hydrogens is 163 g/mol. The summed E-state index contributed by atoms with van der Waals surface area (Å²) in [6, 6.07) is 0. The molecule has 3 aliphatic carbocycles. The lowest BCUT2D eigenvalue weighted by Crippen LogP contribution is -2.56. The van der Waals surface area contributed by atoms with Gasteiger partial charge in [-0.15, -0.1) is 0 Å². The van der Waals surface area contributed by atoms with Crippen molar-refractivity contribution in [2.45, 2.75) is 40.0 Å². The molecule has 76 valence electrons. The predicted octanol–water partition coefficient (Wildman–Crippen LogP) is 3.66. The first-order valence-electron chi connectivity index (χ1n) is 5.67. The Morgan fingerprint density at radius 2 is 2.00 bits per heavy atom. The molecule has 3 saturated carbocycles. The fraction of sp³-hybridized carbons (Fsp3) is 1.00. The molecule has 0 nitrogen and oxygen atoms in total. The fourth-order valence-corrected chi connectivity index (χ4v) is 3.75. The summed E-state index contributed by atoms with van der Waals surface area (Å²) in [5.74, 6) is 2.64. The second-order valence-corrected chi connectivity index (χ2v) is 5.58. The molecular formula is C12H21F. The average Bonchev–Trinajstić information content (AvgIpc) is 2.16. The van der Waals surface area contributed by atoms with Gasteiger partial charge in [0.2, 0.25) is 0 Å². The Morgan fingerprint density at radius 3 is 2.46 bits per heavy atom. The summed E-state index contributed by atoms with van der Waals surface area (Å²) >= 11 is 0. The van der Waals surface area contributed by atoms with Gasteiger partial charge in [-0.25, -0.2) is 0 Å². The minimum atomic E-state index is -0.0840. The molecule has 0 radical (unpaired) electrons. The van der Waals surface area contributed by atoms with Crippen LogP contribution in [0.15, 0.2) is 0 Å². The van der Waals surface area contributed by atoms with Crippen molar-refractivity contribution in [1.82, 2.24) is 0 Å². The third-order valence-corrected chi connectivity index (χ3v) is 4.96. The summed E-state index contributed by atoms with van der Waals surface area (Å²) in [5, 5.41) is 0. The monoisotopic (exact) mass is 184 g/mol. The van der Waals surface area contributed by atoms with Crippen molar-refractivity contribution in [3.8, 4) is 0 Å². The maximum atomic E-state index is 12.9. The van der Waals surface area contributed by atoms with Crippen LogP contribution in [0.4, 0.5) is 4.39 Å². The molecule has 0 heterocycles. The van der Waals surface area contributed by atoms with E-state index in [2.05, 4.69) is 20.8 Å². The highest BCUT2D eigenvalue weighted by Gasteiger charge is 2.56. The van der Waals surface area contributed by atoms with Gasteiger partial charge in [-0.3, -0.25) is 4.39 Å². The summed E-state index contributed by atoms with van der Waals surface area (Å²) in [6.07, 6.45) is 3.77. The lowest BCUT2D eigenvalue weighted by atomic mass is 9.43. The molecule has 13 heavy (non-hydrogen) atoms. The highest BCUT2D eigenvalue weighted by atomic mass is 19.1. The number of halogens is 1. The van der Waals surface area contributed by atoms with Crippen LogP contribution in [-0.4, -0.2) is 6.67 Å². The smallest absolute Gasteiger partial charge is 0.0928 e. The molecule has 0 spiro atoms. The van der Waals surface area contributed by atoms with E-state index in [1.165, 1.54) is 19.3 Å². The van der Waals surface area contributed by atoms with Crippen molar-refractivity contribution in [1.29, 1.82) is 0 Å². The Balaban J connectivity index is 2.13. The predicted molar refractivity (Wildman–Crippen MR) is 53.2 cm³/mol.